The lowest BCUT2D eigenvalue weighted by molar-refractivity contribution is -0.0850. The van der Waals surface area contributed by atoms with Crippen molar-refractivity contribution in [3.63, 3.8) is 0 Å². The summed E-state index contributed by atoms with van der Waals surface area (Å²) in [6.07, 6.45) is 1.19. The molecule has 1 heterocycles. The van der Waals surface area contributed by atoms with Crippen molar-refractivity contribution in [1.82, 2.24) is 0 Å². The van der Waals surface area contributed by atoms with Gasteiger partial charge in [0.25, 0.3) is 0 Å². The van der Waals surface area contributed by atoms with Crippen LogP contribution in [0.2, 0.25) is 0 Å². The highest BCUT2D eigenvalue weighted by Gasteiger charge is 2.51. The number of methoxy groups -OCH3 is 1. The fraction of sp³-hybridized carbons (Fsp3) is 1.00. The highest BCUT2D eigenvalue weighted by atomic mass is 16.5. The lowest BCUT2D eigenvalue weighted by Crippen LogP contribution is -2.45. The molecule has 1 rings (SSSR count). The predicted molar refractivity (Wildman–Crippen MR) is 63.0 cm³/mol. The zero-order chi connectivity index (χ0) is 11.7. The van der Waals surface area contributed by atoms with Gasteiger partial charge in [-0.25, -0.2) is 0 Å². The van der Waals surface area contributed by atoms with E-state index in [2.05, 4.69) is 34.6 Å². The van der Waals surface area contributed by atoms with Crippen molar-refractivity contribution in [2.45, 2.75) is 46.6 Å². The molecule has 2 nitrogen and oxygen atoms in total. The van der Waals surface area contributed by atoms with Crippen LogP contribution in [0.5, 0.6) is 0 Å². The second kappa shape index (κ2) is 4.42. The Labute approximate surface area is 94.3 Å². The summed E-state index contributed by atoms with van der Waals surface area (Å²) in [5.74, 6) is 1.20. The van der Waals surface area contributed by atoms with E-state index in [0.717, 1.165) is 6.61 Å². The molecular weight excluding hydrogens is 188 g/mol. The van der Waals surface area contributed by atoms with Crippen molar-refractivity contribution in [3.8, 4) is 0 Å². The maximum Gasteiger partial charge on any atom is 0.0923 e. The summed E-state index contributed by atoms with van der Waals surface area (Å²) in [5.41, 5.74) is 0.219. The van der Waals surface area contributed by atoms with Crippen molar-refractivity contribution in [2.24, 2.45) is 17.3 Å². The molecule has 90 valence electrons. The minimum atomic E-state index is -0.103. The Kier molecular flexibility index (Phi) is 3.83. The smallest absolute Gasteiger partial charge is 0.0923 e. The van der Waals surface area contributed by atoms with Crippen molar-refractivity contribution in [2.75, 3.05) is 20.3 Å². The van der Waals surface area contributed by atoms with Crippen LogP contribution >= 0.6 is 0 Å². The Morgan fingerprint density at radius 1 is 1.47 bits per heavy atom. The zero-order valence-corrected chi connectivity index (χ0v) is 11.1. The Bertz CT molecular complexity index is 209. The summed E-state index contributed by atoms with van der Waals surface area (Å²) in [6.45, 7) is 13.0. The number of hydrogen-bond acceptors (Lipinski definition) is 2. The summed E-state index contributed by atoms with van der Waals surface area (Å²) < 4.78 is 11.3. The Morgan fingerprint density at radius 2 is 2.07 bits per heavy atom. The molecule has 0 aromatic heterocycles. The topological polar surface area (TPSA) is 18.5 Å². The fourth-order valence-corrected chi connectivity index (χ4v) is 3.34. The van der Waals surface area contributed by atoms with Crippen LogP contribution in [0.15, 0.2) is 0 Å². The van der Waals surface area contributed by atoms with E-state index in [1.165, 1.54) is 6.42 Å². The monoisotopic (exact) mass is 214 g/mol. The first-order valence-corrected chi connectivity index (χ1v) is 6.00. The van der Waals surface area contributed by atoms with E-state index < -0.39 is 0 Å². The van der Waals surface area contributed by atoms with Crippen LogP contribution in [0, 0.1) is 17.3 Å². The molecule has 1 fully saturated rings. The van der Waals surface area contributed by atoms with E-state index in [9.17, 15) is 0 Å². The lowest BCUT2D eigenvalue weighted by Gasteiger charge is -2.42. The molecule has 15 heavy (non-hydrogen) atoms. The van der Waals surface area contributed by atoms with Gasteiger partial charge >= 0.3 is 0 Å². The maximum absolute atomic E-state index is 5.97. The maximum atomic E-state index is 5.97. The molecule has 0 N–H and O–H groups in total. The first kappa shape index (κ1) is 13.0. The van der Waals surface area contributed by atoms with E-state index in [1.807, 2.05) is 0 Å². The van der Waals surface area contributed by atoms with Crippen molar-refractivity contribution >= 4 is 0 Å². The van der Waals surface area contributed by atoms with Crippen LogP contribution in [0.25, 0.3) is 0 Å². The summed E-state index contributed by atoms with van der Waals surface area (Å²) in [7, 11) is 1.76. The minimum Gasteiger partial charge on any atom is -0.382 e. The number of rotatable bonds is 4. The average Bonchev–Trinajstić information content (AvgIpc) is 2.43. The number of hydrogen-bond donors (Lipinski definition) is 0. The molecule has 3 atom stereocenters. The van der Waals surface area contributed by atoms with Crippen LogP contribution < -0.4 is 0 Å². The standard InChI is InChI=1S/C13H26O2/c1-7-12(3,4)11-10(2)8-15-13(11,5)9-14-6/h10-11H,7-9H2,1-6H3/t10?,11-,13?/m1/s1. The van der Waals surface area contributed by atoms with Crippen LogP contribution in [0.4, 0.5) is 0 Å². The molecule has 0 aromatic carbocycles. The fourth-order valence-electron chi connectivity index (χ4n) is 3.34. The molecule has 0 spiro atoms. The van der Waals surface area contributed by atoms with Gasteiger partial charge in [0, 0.05) is 7.11 Å². The van der Waals surface area contributed by atoms with E-state index in [0.29, 0.717) is 23.9 Å². The highest BCUT2D eigenvalue weighted by molar-refractivity contribution is 4.99. The normalized spacial score (nSPS) is 37.2. The Balaban J connectivity index is 2.90. The van der Waals surface area contributed by atoms with E-state index in [-0.39, 0.29) is 5.60 Å². The van der Waals surface area contributed by atoms with Gasteiger partial charge in [0.1, 0.15) is 0 Å². The SMILES string of the molecule is CCC(C)(C)[C@H]1C(C)COC1(C)COC. The van der Waals surface area contributed by atoms with Crippen molar-refractivity contribution < 1.29 is 9.47 Å². The molecule has 1 saturated heterocycles. The summed E-state index contributed by atoms with van der Waals surface area (Å²) in [4.78, 5) is 0. The van der Waals surface area contributed by atoms with Gasteiger partial charge in [0.2, 0.25) is 0 Å². The third kappa shape index (κ3) is 2.36. The first-order valence-electron chi connectivity index (χ1n) is 6.00. The summed E-state index contributed by atoms with van der Waals surface area (Å²) >= 11 is 0. The highest BCUT2D eigenvalue weighted by Crippen LogP contribution is 2.48. The van der Waals surface area contributed by atoms with E-state index in [1.54, 1.807) is 7.11 Å². The van der Waals surface area contributed by atoms with Gasteiger partial charge in [-0.15, -0.1) is 0 Å². The van der Waals surface area contributed by atoms with Crippen LogP contribution in [-0.4, -0.2) is 25.9 Å². The summed E-state index contributed by atoms with van der Waals surface area (Å²) in [6, 6.07) is 0. The van der Waals surface area contributed by atoms with Crippen LogP contribution in [0.3, 0.4) is 0 Å². The van der Waals surface area contributed by atoms with E-state index in [4.69, 9.17) is 9.47 Å². The van der Waals surface area contributed by atoms with Gasteiger partial charge < -0.3 is 9.47 Å². The molecule has 0 amide bonds. The molecule has 0 aromatic rings. The third-order valence-corrected chi connectivity index (χ3v) is 4.09. The molecular formula is C13H26O2. The van der Waals surface area contributed by atoms with Gasteiger partial charge in [-0.1, -0.05) is 34.1 Å². The second-order valence-corrected chi connectivity index (χ2v) is 5.85. The molecule has 0 aliphatic carbocycles. The molecule has 2 heteroatoms. The second-order valence-electron chi connectivity index (χ2n) is 5.85. The van der Waals surface area contributed by atoms with Crippen molar-refractivity contribution in [1.29, 1.82) is 0 Å². The van der Waals surface area contributed by atoms with Gasteiger partial charge in [-0.3, -0.25) is 0 Å². The molecule has 0 radical (unpaired) electrons. The Morgan fingerprint density at radius 3 is 2.53 bits per heavy atom. The third-order valence-electron chi connectivity index (χ3n) is 4.09. The number of ether oxygens (including phenoxy) is 2. The molecule has 2 unspecified atom stereocenters. The minimum absolute atomic E-state index is 0.103. The van der Waals surface area contributed by atoms with Gasteiger partial charge in [0.15, 0.2) is 0 Å². The first-order chi connectivity index (χ1) is 6.87. The molecule has 1 aliphatic heterocycles. The van der Waals surface area contributed by atoms with Crippen molar-refractivity contribution in [3.05, 3.63) is 0 Å². The average molecular weight is 214 g/mol. The summed E-state index contributed by atoms with van der Waals surface area (Å²) in [5, 5.41) is 0. The lowest BCUT2D eigenvalue weighted by atomic mass is 9.65. The molecule has 0 bridgehead atoms. The quantitative estimate of drug-likeness (QED) is 0.716. The van der Waals surface area contributed by atoms with Crippen LogP contribution in [0.1, 0.15) is 41.0 Å². The van der Waals surface area contributed by atoms with Crippen LogP contribution in [-0.2, 0) is 9.47 Å². The van der Waals surface area contributed by atoms with Gasteiger partial charge in [-0.2, -0.15) is 0 Å². The van der Waals surface area contributed by atoms with Gasteiger partial charge in [-0.05, 0) is 24.2 Å². The Hall–Kier alpha value is -0.0800. The zero-order valence-electron chi connectivity index (χ0n) is 11.1. The van der Waals surface area contributed by atoms with E-state index >= 15 is 0 Å². The van der Waals surface area contributed by atoms with Gasteiger partial charge in [0.05, 0.1) is 18.8 Å². The molecule has 1 aliphatic rings. The molecule has 0 saturated carbocycles. The predicted octanol–water partition coefficient (Wildman–Crippen LogP) is 3.11. The largest absolute Gasteiger partial charge is 0.382 e.